The van der Waals surface area contributed by atoms with Crippen molar-refractivity contribution in [3.05, 3.63) is 70.4 Å². The van der Waals surface area contributed by atoms with Crippen molar-refractivity contribution in [1.29, 1.82) is 0 Å². The molecule has 1 heterocycles. The van der Waals surface area contributed by atoms with E-state index in [1.807, 2.05) is 47.2 Å². The Hall–Kier alpha value is -3.19. The predicted molar refractivity (Wildman–Crippen MR) is 108 cm³/mol. The van der Waals surface area contributed by atoms with Crippen LogP contribution in [0.15, 0.2) is 59.3 Å². The molecule has 0 saturated heterocycles. The smallest absolute Gasteiger partial charge is 0.325 e. The van der Waals surface area contributed by atoms with Gasteiger partial charge >= 0.3 is 5.97 Å². The summed E-state index contributed by atoms with van der Waals surface area (Å²) in [5, 5.41) is 8.38. The lowest BCUT2D eigenvalue weighted by Crippen LogP contribution is -2.34. The van der Waals surface area contributed by atoms with Gasteiger partial charge in [0.2, 0.25) is 0 Å². The molecule has 0 spiro atoms. The Balaban J connectivity index is 1.44. The zero-order valence-electron chi connectivity index (χ0n) is 15.4. The van der Waals surface area contributed by atoms with Crippen LogP contribution in [0, 0.1) is 0 Å². The van der Waals surface area contributed by atoms with E-state index >= 15 is 0 Å². The SMILES string of the molecule is CN(Cc1ccsc1)C(=O)COC(=O)CNC(=O)c1ccc2ccccc2c1. The first-order valence-electron chi connectivity index (χ1n) is 8.70. The molecule has 144 valence electrons. The van der Waals surface area contributed by atoms with Crippen LogP contribution in [0.25, 0.3) is 10.8 Å². The van der Waals surface area contributed by atoms with Crippen LogP contribution in [-0.4, -0.2) is 42.9 Å². The van der Waals surface area contributed by atoms with Crippen LogP contribution in [0.4, 0.5) is 0 Å². The van der Waals surface area contributed by atoms with E-state index in [2.05, 4.69) is 5.32 Å². The molecule has 0 aliphatic heterocycles. The Morgan fingerprint density at radius 3 is 2.61 bits per heavy atom. The van der Waals surface area contributed by atoms with Gasteiger partial charge in [0.1, 0.15) is 6.54 Å². The number of nitrogens with zero attached hydrogens (tertiary/aromatic N) is 1. The maximum absolute atomic E-state index is 12.2. The Labute approximate surface area is 166 Å². The minimum atomic E-state index is -0.661. The van der Waals surface area contributed by atoms with E-state index in [4.69, 9.17) is 4.74 Å². The number of fused-ring (bicyclic) bond motifs is 1. The number of hydrogen-bond donors (Lipinski definition) is 1. The normalized spacial score (nSPS) is 10.5. The van der Waals surface area contributed by atoms with Crippen molar-refractivity contribution in [3.63, 3.8) is 0 Å². The van der Waals surface area contributed by atoms with E-state index in [0.717, 1.165) is 16.3 Å². The summed E-state index contributed by atoms with van der Waals surface area (Å²) in [6.07, 6.45) is 0. The lowest BCUT2D eigenvalue weighted by molar-refractivity contribution is -0.150. The highest BCUT2D eigenvalue weighted by molar-refractivity contribution is 7.07. The van der Waals surface area contributed by atoms with Crippen molar-refractivity contribution in [2.75, 3.05) is 20.2 Å². The lowest BCUT2D eigenvalue weighted by Gasteiger charge is -2.16. The second-order valence-electron chi connectivity index (χ2n) is 6.29. The van der Waals surface area contributed by atoms with Gasteiger partial charge in [-0.15, -0.1) is 0 Å². The molecule has 28 heavy (non-hydrogen) atoms. The highest BCUT2D eigenvalue weighted by atomic mass is 32.1. The second kappa shape index (κ2) is 9.14. The lowest BCUT2D eigenvalue weighted by atomic mass is 10.1. The summed E-state index contributed by atoms with van der Waals surface area (Å²) in [4.78, 5) is 37.6. The average molecular weight is 396 g/mol. The minimum absolute atomic E-state index is 0.298. The molecule has 0 saturated carbocycles. The monoisotopic (exact) mass is 396 g/mol. The fraction of sp³-hybridized carbons (Fsp3) is 0.190. The molecule has 1 N–H and O–H groups in total. The third-order valence-corrected chi connectivity index (χ3v) is 4.92. The second-order valence-corrected chi connectivity index (χ2v) is 7.07. The van der Waals surface area contributed by atoms with Crippen molar-refractivity contribution < 1.29 is 19.1 Å². The quantitative estimate of drug-likeness (QED) is 0.623. The van der Waals surface area contributed by atoms with Crippen LogP contribution in [0.5, 0.6) is 0 Å². The van der Waals surface area contributed by atoms with Crippen molar-refractivity contribution in [3.8, 4) is 0 Å². The number of hydrogen-bond acceptors (Lipinski definition) is 5. The number of thiophene rings is 1. The van der Waals surface area contributed by atoms with Gasteiger partial charge in [-0.25, -0.2) is 0 Å². The number of amides is 2. The first kappa shape index (κ1) is 19.6. The van der Waals surface area contributed by atoms with E-state index in [1.165, 1.54) is 4.90 Å². The molecule has 0 fully saturated rings. The Bertz CT molecular complexity index is 985. The molecule has 6 nitrogen and oxygen atoms in total. The molecule has 3 rings (SSSR count). The molecule has 0 unspecified atom stereocenters. The third-order valence-electron chi connectivity index (χ3n) is 4.19. The molecule has 0 radical (unpaired) electrons. The molecule has 0 aliphatic rings. The number of nitrogens with one attached hydrogen (secondary N) is 1. The highest BCUT2D eigenvalue weighted by Gasteiger charge is 2.14. The minimum Gasteiger partial charge on any atom is -0.454 e. The highest BCUT2D eigenvalue weighted by Crippen LogP contribution is 2.15. The van der Waals surface area contributed by atoms with Crippen molar-refractivity contribution in [2.45, 2.75) is 6.54 Å². The van der Waals surface area contributed by atoms with Gasteiger partial charge in [0, 0.05) is 19.2 Å². The zero-order valence-corrected chi connectivity index (χ0v) is 16.2. The summed E-state index contributed by atoms with van der Waals surface area (Å²) in [7, 11) is 1.65. The molecule has 0 bridgehead atoms. The Morgan fingerprint density at radius 2 is 1.86 bits per heavy atom. The van der Waals surface area contributed by atoms with Gasteiger partial charge in [-0.3, -0.25) is 14.4 Å². The van der Waals surface area contributed by atoms with Gasteiger partial charge in [-0.05, 0) is 45.3 Å². The van der Waals surface area contributed by atoms with E-state index in [0.29, 0.717) is 12.1 Å². The summed E-state index contributed by atoms with van der Waals surface area (Å²) in [5.41, 5.74) is 1.48. The Morgan fingerprint density at radius 1 is 1.07 bits per heavy atom. The number of esters is 1. The van der Waals surface area contributed by atoms with E-state index < -0.39 is 5.97 Å². The fourth-order valence-electron chi connectivity index (χ4n) is 2.63. The topological polar surface area (TPSA) is 75.7 Å². The fourth-order valence-corrected chi connectivity index (χ4v) is 3.29. The van der Waals surface area contributed by atoms with Crippen LogP contribution in [-0.2, 0) is 20.9 Å². The van der Waals surface area contributed by atoms with Crippen LogP contribution in [0.3, 0.4) is 0 Å². The van der Waals surface area contributed by atoms with Crippen LogP contribution in [0.2, 0.25) is 0 Å². The molecule has 7 heteroatoms. The van der Waals surface area contributed by atoms with Gasteiger partial charge in [0.25, 0.3) is 11.8 Å². The zero-order chi connectivity index (χ0) is 19.9. The summed E-state index contributed by atoms with van der Waals surface area (Å²) in [6, 6.07) is 14.9. The summed E-state index contributed by atoms with van der Waals surface area (Å²) >= 11 is 1.56. The van der Waals surface area contributed by atoms with Gasteiger partial charge in [-0.1, -0.05) is 30.3 Å². The predicted octanol–water partition coefficient (Wildman–Crippen LogP) is 2.83. The first-order chi connectivity index (χ1) is 13.5. The summed E-state index contributed by atoms with van der Waals surface area (Å²) in [5.74, 6) is -1.34. The third kappa shape index (κ3) is 5.17. The molecule has 1 aromatic heterocycles. The Kier molecular flexibility index (Phi) is 6.39. The summed E-state index contributed by atoms with van der Waals surface area (Å²) in [6.45, 7) is -0.197. The molecular weight excluding hydrogens is 376 g/mol. The molecule has 3 aromatic rings. The molecule has 0 aliphatic carbocycles. The standard InChI is InChI=1S/C21H20N2O4S/c1-23(12-15-8-9-28-14-15)19(24)13-27-20(25)11-22-21(26)18-7-6-16-4-2-3-5-17(16)10-18/h2-10,14H,11-13H2,1H3,(H,22,26). The van der Waals surface area contributed by atoms with Gasteiger partial charge in [0.05, 0.1) is 0 Å². The number of carbonyl (C=O) groups excluding carboxylic acids is 3. The van der Waals surface area contributed by atoms with Gasteiger partial charge in [0.15, 0.2) is 6.61 Å². The van der Waals surface area contributed by atoms with Gasteiger partial charge in [-0.2, -0.15) is 11.3 Å². The number of ether oxygens (including phenoxy) is 1. The van der Waals surface area contributed by atoms with E-state index in [9.17, 15) is 14.4 Å². The van der Waals surface area contributed by atoms with E-state index in [1.54, 1.807) is 30.5 Å². The van der Waals surface area contributed by atoms with Crippen LogP contribution in [0.1, 0.15) is 15.9 Å². The molecule has 2 amide bonds. The van der Waals surface area contributed by atoms with Crippen molar-refractivity contribution in [1.82, 2.24) is 10.2 Å². The van der Waals surface area contributed by atoms with Crippen molar-refractivity contribution in [2.24, 2.45) is 0 Å². The van der Waals surface area contributed by atoms with Crippen LogP contribution >= 0.6 is 11.3 Å². The molecular formula is C21H20N2O4S. The summed E-state index contributed by atoms with van der Waals surface area (Å²) < 4.78 is 4.96. The number of carbonyl (C=O) groups is 3. The first-order valence-corrected chi connectivity index (χ1v) is 9.65. The molecule has 0 atom stereocenters. The maximum Gasteiger partial charge on any atom is 0.325 e. The van der Waals surface area contributed by atoms with E-state index in [-0.39, 0.29) is 25.0 Å². The average Bonchev–Trinajstić information content (AvgIpc) is 3.22. The number of rotatable bonds is 7. The van der Waals surface area contributed by atoms with Gasteiger partial charge < -0.3 is 15.0 Å². The number of likely N-dealkylation sites (N-methyl/N-ethyl adjacent to an activating group) is 1. The maximum atomic E-state index is 12.2. The van der Waals surface area contributed by atoms with Crippen LogP contribution < -0.4 is 5.32 Å². The number of benzene rings is 2. The van der Waals surface area contributed by atoms with Crippen molar-refractivity contribution >= 4 is 39.9 Å². The molecule has 2 aromatic carbocycles. The largest absolute Gasteiger partial charge is 0.454 e.